The van der Waals surface area contributed by atoms with Crippen LogP contribution in [0.2, 0.25) is 0 Å². The smallest absolute Gasteiger partial charge is 0.257 e. The molecule has 1 fully saturated rings. The lowest BCUT2D eigenvalue weighted by molar-refractivity contribution is 0.0672. The lowest BCUT2D eigenvalue weighted by atomic mass is 10.1. The van der Waals surface area contributed by atoms with Crippen molar-refractivity contribution >= 4 is 5.91 Å². The van der Waals surface area contributed by atoms with Crippen LogP contribution >= 0.6 is 0 Å². The lowest BCUT2D eigenvalue weighted by Gasteiger charge is -2.23. The molecule has 92 valence electrons. The van der Waals surface area contributed by atoms with E-state index in [1.54, 1.807) is 0 Å². The van der Waals surface area contributed by atoms with Crippen LogP contribution in [-0.4, -0.2) is 35.1 Å². The summed E-state index contributed by atoms with van der Waals surface area (Å²) in [6.07, 6.45) is 1.47. The zero-order chi connectivity index (χ0) is 12.4. The van der Waals surface area contributed by atoms with E-state index in [0.717, 1.165) is 24.6 Å². The molecule has 0 bridgehead atoms. The molecule has 1 unspecified atom stereocenters. The van der Waals surface area contributed by atoms with Gasteiger partial charge in [-0.15, -0.1) is 0 Å². The average molecular weight is 241 g/mol. The van der Waals surface area contributed by atoms with E-state index in [0.29, 0.717) is 13.0 Å². The van der Waals surface area contributed by atoms with E-state index in [2.05, 4.69) is 0 Å². The van der Waals surface area contributed by atoms with Crippen LogP contribution in [0, 0.1) is 11.6 Å². The van der Waals surface area contributed by atoms with E-state index in [9.17, 15) is 13.6 Å². The number of nitrogens with zero attached hydrogens (tertiary/aromatic N) is 1. The second-order valence-corrected chi connectivity index (χ2v) is 4.10. The van der Waals surface area contributed by atoms with Crippen LogP contribution in [0.5, 0.6) is 0 Å². The van der Waals surface area contributed by atoms with Gasteiger partial charge in [-0.3, -0.25) is 4.79 Å². The van der Waals surface area contributed by atoms with Gasteiger partial charge < -0.3 is 10.0 Å². The maximum atomic E-state index is 13.4. The number of halogens is 2. The van der Waals surface area contributed by atoms with E-state index < -0.39 is 17.5 Å². The molecule has 2 rings (SSSR count). The molecule has 0 radical (unpaired) electrons. The number of amides is 1. The van der Waals surface area contributed by atoms with Crippen molar-refractivity contribution < 1.29 is 18.7 Å². The number of hydrogen-bond acceptors (Lipinski definition) is 2. The minimum Gasteiger partial charge on any atom is -0.394 e. The first-order chi connectivity index (χ1) is 8.13. The zero-order valence-corrected chi connectivity index (χ0v) is 9.20. The number of carbonyl (C=O) groups excluding carboxylic acids is 1. The third-order valence-electron chi connectivity index (χ3n) is 3.01. The highest BCUT2D eigenvalue weighted by atomic mass is 19.1. The first kappa shape index (κ1) is 12.0. The summed E-state index contributed by atoms with van der Waals surface area (Å²) in [6.45, 7) is 0.322. The van der Waals surface area contributed by atoms with Crippen LogP contribution < -0.4 is 0 Å². The van der Waals surface area contributed by atoms with Crippen molar-refractivity contribution in [3.8, 4) is 0 Å². The third kappa shape index (κ3) is 2.29. The molecule has 1 aromatic rings. The first-order valence-corrected chi connectivity index (χ1v) is 5.50. The van der Waals surface area contributed by atoms with Gasteiger partial charge in [-0.1, -0.05) is 0 Å². The Bertz CT molecular complexity index is 437. The minimum atomic E-state index is -0.736. The second-order valence-electron chi connectivity index (χ2n) is 4.10. The van der Waals surface area contributed by atoms with Crippen LogP contribution in [0.3, 0.4) is 0 Å². The van der Waals surface area contributed by atoms with E-state index in [4.69, 9.17) is 5.11 Å². The van der Waals surface area contributed by atoms with Crippen molar-refractivity contribution in [3.05, 3.63) is 35.4 Å². The van der Waals surface area contributed by atoms with Gasteiger partial charge >= 0.3 is 0 Å². The topological polar surface area (TPSA) is 40.5 Å². The Morgan fingerprint density at radius 2 is 2.24 bits per heavy atom. The fourth-order valence-corrected chi connectivity index (χ4v) is 2.11. The van der Waals surface area contributed by atoms with Gasteiger partial charge in [-0.05, 0) is 31.0 Å². The summed E-state index contributed by atoms with van der Waals surface area (Å²) >= 11 is 0. The fraction of sp³-hybridized carbons (Fsp3) is 0.417. The standard InChI is InChI=1S/C12H13F2NO2/c13-8-3-4-11(14)10(6-8)12(17)15-5-1-2-9(15)7-16/h3-4,6,9,16H,1-2,5,7H2. The highest BCUT2D eigenvalue weighted by Gasteiger charge is 2.30. The number of rotatable bonds is 2. The summed E-state index contributed by atoms with van der Waals surface area (Å²) in [5.41, 5.74) is -0.273. The molecule has 1 atom stereocenters. The van der Waals surface area contributed by atoms with Gasteiger partial charge in [0.25, 0.3) is 5.91 Å². The SMILES string of the molecule is O=C(c1cc(F)ccc1F)N1CCCC1CO. The van der Waals surface area contributed by atoms with E-state index >= 15 is 0 Å². The molecule has 1 aliphatic heterocycles. The maximum Gasteiger partial charge on any atom is 0.257 e. The summed E-state index contributed by atoms with van der Waals surface area (Å²) < 4.78 is 26.4. The van der Waals surface area contributed by atoms with Crippen molar-refractivity contribution in [1.82, 2.24) is 4.90 Å². The molecule has 1 saturated heterocycles. The van der Waals surface area contributed by atoms with Crippen LogP contribution in [-0.2, 0) is 0 Å². The summed E-state index contributed by atoms with van der Waals surface area (Å²) in [5, 5.41) is 9.09. The minimum absolute atomic E-state index is 0.150. The Morgan fingerprint density at radius 1 is 1.47 bits per heavy atom. The fourth-order valence-electron chi connectivity index (χ4n) is 2.11. The molecule has 3 nitrogen and oxygen atoms in total. The molecule has 17 heavy (non-hydrogen) atoms. The molecule has 1 N–H and O–H groups in total. The lowest BCUT2D eigenvalue weighted by Crippen LogP contribution is -2.38. The van der Waals surface area contributed by atoms with Crippen molar-refractivity contribution in [2.24, 2.45) is 0 Å². The van der Waals surface area contributed by atoms with Crippen LogP contribution in [0.25, 0.3) is 0 Å². The molecule has 5 heteroatoms. The van der Waals surface area contributed by atoms with E-state index in [1.165, 1.54) is 4.90 Å². The summed E-state index contributed by atoms with van der Waals surface area (Å²) in [5.74, 6) is -1.94. The Labute approximate surface area is 97.7 Å². The molecule has 0 aliphatic carbocycles. The number of aliphatic hydroxyl groups is 1. The van der Waals surface area contributed by atoms with Gasteiger partial charge in [0, 0.05) is 6.54 Å². The Hall–Kier alpha value is -1.49. The quantitative estimate of drug-likeness (QED) is 0.853. The Balaban J connectivity index is 2.27. The van der Waals surface area contributed by atoms with Gasteiger partial charge in [0.2, 0.25) is 0 Å². The Morgan fingerprint density at radius 3 is 2.94 bits per heavy atom. The highest BCUT2D eigenvalue weighted by molar-refractivity contribution is 5.94. The molecule has 1 aliphatic rings. The van der Waals surface area contributed by atoms with Crippen molar-refractivity contribution in [1.29, 1.82) is 0 Å². The maximum absolute atomic E-state index is 13.4. The Kier molecular flexibility index (Phi) is 3.38. The highest BCUT2D eigenvalue weighted by Crippen LogP contribution is 2.21. The normalized spacial score (nSPS) is 19.7. The monoisotopic (exact) mass is 241 g/mol. The molecule has 0 spiro atoms. The molecule has 1 heterocycles. The number of aliphatic hydroxyl groups excluding tert-OH is 1. The molecule has 1 amide bonds. The van der Waals surface area contributed by atoms with Gasteiger partial charge in [-0.25, -0.2) is 8.78 Å². The predicted octanol–water partition coefficient (Wildman–Crippen LogP) is 1.56. The van der Waals surface area contributed by atoms with Crippen molar-refractivity contribution in [3.63, 3.8) is 0 Å². The number of benzene rings is 1. The summed E-state index contributed by atoms with van der Waals surface area (Å²) in [6, 6.07) is 2.52. The third-order valence-corrected chi connectivity index (χ3v) is 3.01. The van der Waals surface area contributed by atoms with Gasteiger partial charge in [0.05, 0.1) is 18.2 Å². The van der Waals surface area contributed by atoms with Crippen LogP contribution in [0.1, 0.15) is 23.2 Å². The molecule has 0 aromatic heterocycles. The summed E-state index contributed by atoms with van der Waals surface area (Å²) in [7, 11) is 0. The number of carbonyl (C=O) groups is 1. The van der Waals surface area contributed by atoms with Crippen molar-refractivity contribution in [2.45, 2.75) is 18.9 Å². The summed E-state index contributed by atoms with van der Waals surface area (Å²) in [4.78, 5) is 13.4. The predicted molar refractivity (Wildman–Crippen MR) is 57.5 cm³/mol. The molecule has 1 aromatic carbocycles. The van der Waals surface area contributed by atoms with Gasteiger partial charge in [-0.2, -0.15) is 0 Å². The van der Waals surface area contributed by atoms with Crippen LogP contribution in [0.4, 0.5) is 8.78 Å². The second kappa shape index (κ2) is 4.79. The molecular formula is C12H13F2NO2. The average Bonchev–Trinajstić information content (AvgIpc) is 2.79. The first-order valence-electron chi connectivity index (χ1n) is 5.50. The molecular weight excluding hydrogens is 228 g/mol. The van der Waals surface area contributed by atoms with E-state index in [1.807, 2.05) is 0 Å². The van der Waals surface area contributed by atoms with Crippen molar-refractivity contribution in [2.75, 3.05) is 13.2 Å². The van der Waals surface area contributed by atoms with Gasteiger partial charge in [0.15, 0.2) is 0 Å². The molecule has 0 saturated carbocycles. The zero-order valence-electron chi connectivity index (χ0n) is 9.20. The van der Waals surface area contributed by atoms with E-state index in [-0.39, 0.29) is 18.2 Å². The largest absolute Gasteiger partial charge is 0.394 e. The van der Waals surface area contributed by atoms with Crippen LogP contribution in [0.15, 0.2) is 18.2 Å². The number of hydrogen-bond donors (Lipinski definition) is 1. The van der Waals surface area contributed by atoms with Gasteiger partial charge in [0.1, 0.15) is 11.6 Å². The number of likely N-dealkylation sites (tertiary alicyclic amines) is 1.